The van der Waals surface area contributed by atoms with Crippen LogP contribution in [0.5, 0.6) is 5.75 Å². The molecule has 0 aliphatic carbocycles. The summed E-state index contributed by atoms with van der Waals surface area (Å²) in [6.45, 7) is 2.82. The van der Waals surface area contributed by atoms with Crippen LogP contribution in [0.3, 0.4) is 0 Å². The molecule has 0 bridgehead atoms. The molecule has 0 spiro atoms. The molecular formula is C13H17N3O2. The van der Waals surface area contributed by atoms with Gasteiger partial charge in [-0.25, -0.2) is 4.68 Å². The summed E-state index contributed by atoms with van der Waals surface area (Å²) in [5.74, 6) is 0.869. The average Bonchev–Trinajstić information content (AvgIpc) is 2.84. The summed E-state index contributed by atoms with van der Waals surface area (Å²) in [6.07, 6.45) is 2.41. The Labute approximate surface area is 106 Å². The minimum Gasteiger partial charge on any atom is -0.496 e. The molecule has 96 valence electrons. The Morgan fingerprint density at radius 1 is 1.39 bits per heavy atom. The van der Waals surface area contributed by atoms with Gasteiger partial charge in [-0.3, -0.25) is 0 Å². The summed E-state index contributed by atoms with van der Waals surface area (Å²) in [6, 6.07) is 5.97. The highest BCUT2D eigenvalue weighted by atomic mass is 16.5. The molecule has 5 heteroatoms. The standard InChI is InChI=1S/C13H17N3O2/c1-10-8-11(4-5-13(10)18-2)12-9-14-15-16(12)6-3-7-17/h4-5,8-9,17H,3,6-7H2,1-2H3. The zero-order valence-electron chi connectivity index (χ0n) is 10.6. The first-order chi connectivity index (χ1) is 8.76. The Kier molecular flexibility index (Phi) is 3.94. The average molecular weight is 247 g/mol. The molecule has 2 aromatic rings. The van der Waals surface area contributed by atoms with Gasteiger partial charge in [-0.15, -0.1) is 5.10 Å². The van der Waals surface area contributed by atoms with Crippen LogP contribution >= 0.6 is 0 Å². The maximum atomic E-state index is 8.86. The molecule has 1 aromatic heterocycles. The number of aliphatic hydroxyl groups excluding tert-OH is 1. The topological polar surface area (TPSA) is 60.2 Å². The van der Waals surface area contributed by atoms with Gasteiger partial charge < -0.3 is 9.84 Å². The zero-order valence-corrected chi connectivity index (χ0v) is 10.6. The van der Waals surface area contributed by atoms with E-state index in [-0.39, 0.29) is 6.61 Å². The van der Waals surface area contributed by atoms with Crippen molar-refractivity contribution < 1.29 is 9.84 Å². The molecule has 0 saturated heterocycles. The second-order valence-electron chi connectivity index (χ2n) is 4.10. The number of ether oxygens (including phenoxy) is 1. The van der Waals surface area contributed by atoms with Crippen molar-refractivity contribution in [3.8, 4) is 17.0 Å². The molecule has 0 aliphatic heterocycles. The van der Waals surface area contributed by atoms with Gasteiger partial charge in [0.25, 0.3) is 0 Å². The first-order valence-electron chi connectivity index (χ1n) is 5.90. The van der Waals surface area contributed by atoms with Gasteiger partial charge in [0, 0.05) is 18.7 Å². The SMILES string of the molecule is COc1ccc(-c2cnnn2CCCO)cc1C. The second-order valence-corrected chi connectivity index (χ2v) is 4.10. The Bertz CT molecular complexity index is 523. The lowest BCUT2D eigenvalue weighted by Crippen LogP contribution is -2.04. The van der Waals surface area contributed by atoms with E-state index in [9.17, 15) is 0 Å². The third kappa shape index (κ3) is 2.51. The van der Waals surface area contributed by atoms with Gasteiger partial charge in [0.15, 0.2) is 0 Å². The number of aliphatic hydroxyl groups is 1. The summed E-state index contributed by atoms with van der Waals surface area (Å²) in [5, 5.41) is 16.8. The van der Waals surface area contributed by atoms with Crippen LogP contribution in [0, 0.1) is 6.92 Å². The van der Waals surface area contributed by atoms with E-state index >= 15 is 0 Å². The summed E-state index contributed by atoms with van der Waals surface area (Å²) < 4.78 is 7.04. The molecule has 0 atom stereocenters. The number of methoxy groups -OCH3 is 1. The Hall–Kier alpha value is -1.88. The van der Waals surface area contributed by atoms with Crippen LogP contribution in [-0.2, 0) is 6.54 Å². The number of rotatable bonds is 5. The smallest absolute Gasteiger partial charge is 0.121 e. The van der Waals surface area contributed by atoms with E-state index in [0.29, 0.717) is 13.0 Å². The van der Waals surface area contributed by atoms with Gasteiger partial charge in [0.05, 0.1) is 19.0 Å². The van der Waals surface area contributed by atoms with Crippen LogP contribution < -0.4 is 4.74 Å². The van der Waals surface area contributed by atoms with Gasteiger partial charge >= 0.3 is 0 Å². The largest absolute Gasteiger partial charge is 0.496 e. The molecule has 2 rings (SSSR count). The molecule has 5 nitrogen and oxygen atoms in total. The molecule has 0 fully saturated rings. The normalized spacial score (nSPS) is 10.6. The molecule has 0 aliphatic rings. The Morgan fingerprint density at radius 3 is 2.89 bits per heavy atom. The van der Waals surface area contributed by atoms with Crippen molar-refractivity contribution in [1.29, 1.82) is 0 Å². The molecule has 1 aromatic carbocycles. The predicted molar refractivity (Wildman–Crippen MR) is 68.4 cm³/mol. The Balaban J connectivity index is 2.31. The number of aryl methyl sites for hydroxylation is 2. The maximum Gasteiger partial charge on any atom is 0.121 e. The zero-order chi connectivity index (χ0) is 13.0. The lowest BCUT2D eigenvalue weighted by molar-refractivity contribution is 0.276. The molecule has 1 N–H and O–H groups in total. The van der Waals surface area contributed by atoms with Crippen molar-refractivity contribution in [2.24, 2.45) is 0 Å². The van der Waals surface area contributed by atoms with E-state index in [1.54, 1.807) is 18.0 Å². The van der Waals surface area contributed by atoms with Crippen molar-refractivity contribution in [3.05, 3.63) is 30.0 Å². The molecule has 0 saturated carbocycles. The van der Waals surface area contributed by atoms with Gasteiger partial charge in [-0.2, -0.15) is 0 Å². The summed E-state index contributed by atoms with van der Waals surface area (Å²) in [4.78, 5) is 0. The van der Waals surface area contributed by atoms with Gasteiger partial charge in [-0.05, 0) is 37.1 Å². The fourth-order valence-corrected chi connectivity index (χ4v) is 1.90. The van der Waals surface area contributed by atoms with Crippen molar-refractivity contribution in [2.45, 2.75) is 19.9 Å². The molecular weight excluding hydrogens is 230 g/mol. The lowest BCUT2D eigenvalue weighted by atomic mass is 10.1. The molecule has 0 unspecified atom stereocenters. The fourth-order valence-electron chi connectivity index (χ4n) is 1.90. The monoisotopic (exact) mass is 247 g/mol. The predicted octanol–water partition coefficient (Wildman–Crippen LogP) is 1.64. The van der Waals surface area contributed by atoms with Gasteiger partial charge in [-0.1, -0.05) is 5.21 Å². The van der Waals surface area contributed by atoms with Crippen LogP contribution in [0.2, 0.25) is 0 Å². The van der Waals surface area contributed by atoms with E-state index in [1.165, 1.54) is 0 Å². The molecule has 0 radical (unpaired) electrons. The summed E-state index contributed by atoms with van der Waals surface area (Å²) in [7, 11) is 1.66. The van der Waals surface area contributed by atoms with E-state index < -0.39 is 0 Å². The van der Waals surface area contributed by atoms with E-state index in [2.05, 4.69) is 10.3 Å². The van der Waals surface area contributed by atoms with Crippen LogP contribution in [0.25, 0.3) is 11.3 Å². The van der Waals surface area contributed by atoms with Gasteiger partial charge in [0.2, 0.25) is 0 Å². The maximum absolute atomic E-state index is 8.86. The lowest BCUT2D eigenvalue weighted by Gasteiger charge is -2.08. The minimum absolute atomic E-state index is 0.154. The van der Waals surface area contributed by atoms with Gasteiger partial charge in [0.1, 0.15) is 5.75 Å². The van der Waals surface area contributed by atoms with Crippen molar-refractivity contribution in [1.82, 2.24) is 15.0 Å². The van der Waals surface area contributed by atoms with Crippen molar-refractivity contribution >= 4 is 0 Å². The highest BCUT2D eigenvalue weighted by molar-refractivity contribution is 5.61. The van der Waals surface area contributed by atoms with E-state index in [1.807, 2.05) is 25.1 Å². The second kappa shape index (κ2) is 5.64. The first kappa shape index (κ1) is 12.6. The van der Waals surface area contributed by atoms with E-state index in [4.69, 9.17) is 9.84 Å². The third-order valence-electron chi connectivity index (χ3n) is 2.84. The highest BCUT2D eigenvalue weighted by Gasteiger charge is 2.08. The van der Waals surface area contributed by atoms with E-state index in [0.717, 1.165) is 22.6 Å². The number of nitrogens with zero attached hydrogens (tertiary/aromatic N) is 3. The highest BCUT2D eigenvalue weighted by Crippen LogP contribution is 2.25. The first-order valence-corrected chi connectivity index (χ1v) is 5.90. The molecule has 1 heterocycles. The summed E-state index contributed by atoms with van der Waals surface area (Å²) >= 11 is 0. The number of hydrogen-bond acceptors (Lipinski definition) is 4. The number of hydrogen-bond donors (Lipinski definition) is 1. The number of benzene rings is 1. The molecule has 18 heavy (non-hydrogen) atoms. The van der Waals surface area contributed by atoms with Crippen LogP contribution in [0.1, 0.15) is 12.0 Å². The number of aromatic nitrogens is 3. The Morgan fingerprint density at radius 2 is 2.22 bits per heavy atom. The van der Waals surface area contributed by atoms with Crippen LogP contribution in [-0.4, -0.2) is 33.8 Å². The quantitative estimate of drug-likeness (QED) is 0.872. The van der Waals surface area contributed by atoms with Crippen LogP contribution in [0.15, 0.2) is 24.4 Å². The third-order valence-corrected chi connectivity index (χ3v) is 2.84. The minimum atomic E-state index is 0.154. The van der Waals surface area contributed by atoms with Crippen LogP contribution in [0.4, 0.5) is 0 Å². The summed E-state index contributed by atoms with van der Waals surface area (Å²) in [5.41, 5.74) is 3.08. The van der Waals surface area contributed by atoms with Crippen molar-refractivity contribution in [2.75, 3.05) is 13.7 Å². The fraction of sp³-hybridized carbons (Fsp3) is 0.385. The molecule has 0 amide bonds. The van der Waals surface area contributed by atoms with Crippen molar-refractivity contribution in [3.63, 3.8) is 0 Å².